The molecule has 6 N–H and O–H groups in total. The van der Waals surface area contributed by atoms with Gasteiger partial charge in [-0.2, -0.15) is 9.82 Å². The summed E-state index contributed by atoms with van der Waals surface area (Å²) in [6, 6.07) is 5.10. The molecule has 0 unspecified atom stereocenters. The van der Waals surface area contributed by atoms with Gasteiger partial charge in [0.25, 0.3) is 0 Å². The number of nitrogens with zero attached hydrogens (tertiary/aromatic N) is 4. The fourth-order valence-corrected chi connectivity index (χ4v) is 6.73. The van der Waals surface area contributed by atoms with Crippen LogP contribution < -0.4 is 25.4 Å². The molecule has 236 valence electrons. The van der Waals surface area contributed by atoms with Gasteiger partial charge in [0.15, 0.2) is 5.95 Å². The van der Waals surface area contributed by atoms with Gasteiger partial charge in [-0.3, -0.25) is 14.3 Å². The van der Waals surface area contributed by atoms with Gasteiger partial charge < -0.3 is 30.8 Å². The van der Waals surface area contributed by atoms with E-state index >= 15 is 0 Å². The zero-order chi connectivity index (χ0) is 31.9. The van der Waals surface area contributed by atoms with Crippen molar-refractivity contribution in [2.24, 2.45) is 5.73 Å². The van der Waals surface area contributed by atoms with Gasteiger partial charge in [0.1, 0.15) is 17.3 Å². The van der Waals surface area contributed by atoms with Crippen molar-refractivity contribution in [1.82, 2.24) is 24.5 Å². The number of anilines is 2. The summed E-state index contributed by atoms with van der Waals surface area (Å²) in [4.78, 5) is 32.8. The monoisotopic (exact) mass is 626 g/mol. The molecule has 0 radical (unpaired) electrons. The highest BCUT2D eigenvalue weighted by Crippen LogP contribution is 2.32. The fourth-order valence-electron chi connectivity index (χ4n) is 5.10. The number of aliphatic carboxylic acids is 1. The Balaban J connectivity index is 1.59. The number of aromatic nitrogens is 4. The first kappa shape index (κ1) is 32.4. The third-order valence-electron chi connectivity index (χ3n) is 6.93. The minimum Gasteiger partial charge on any atom is -0.491 e. The molecule has 15 heteroatoms. The predicted octanol–water partition coefficient (Wildman–Crippen LogP) is 2.31. The number of carbonyl (C=O) groups excluding carboxylic acids is 1. The van der Waals surface area contributed by atoms with Gasteiger partial charge >= 0.3 is 5.97 Å². The first-order valence-corrected chi connectivity index (χ1v) is 15.6. The number of sulfonamides is 1. The van der Waals surface area contributed by atoms with Gasteiger partial charge in [-0.05, 0) is 57.4 Å². The first-order chi connectivity index (χ1) is 21.0. The number of imidazole rings is 1. The summed E-state index contributed by atoms with van der Waals surface area (Å²) >= 11 is 0. The molecule has 0 saturated carbocycles. The van der Waals surface area contributed by atoms with Gasteiger partial charge in [-0.1, -0.05) is 17.7 Å². The van der Waals surface area contributed by atoms with Crippen LogP contribution >= 0.6 is 0 Å². The summed E-state index contributed by atoms with van der Waals surface area (Å²) in [5.41, 5.74) is 8.55. The van der Waals surface area contributed by atoms with Crippen molar-refractivity contribution < 1.29 is 27.9 Å². The number of hydrogen-bond donors (Lipinski definition) is 5. The zero-order valence-corrected chi connectivity index (χ0v) is 25.7. The second-order valence-corrected chi connectivity index (χ2v) is 12.1. The van der Waals surface area contributed by atoms with Crippen LogP contribution in [0.3, 0.4) is 0 Å². The van der Waals surface area contributed by atoms with Crippen LogP contribution in [0.15, 0.2) is 47.8 Å². The van der Waals surface area contributed by atoms with Crippen LogP contribution in [0.1, 0.15) is 29.5 Å². The minimum atomic E-state index is -4.23. The molecule has 0 aliphatic heterocycles. The van der Waals surface area contributed by atoms with Gasteiger partial charge in [0.05, 0.1) is 24.2 Å². The number of carbonyl (C=O) groups is 2. The Morgan fingerprint density at radius 3 is 2.59 bits per heavy atom. The van der Waals surface area contributed by atoms with Gasteiger partial charge in [0.2, 0.25) is 16.4 Å². The van der Waals surface area contributed by atoms with Gasteiger partial charge in [0, 0.05) is 42.6 Å². The Kier molecular flexibility index (Phi) is 10.6. The number of nitrogens with two attached hydrogens (primary N) is 1. The van der Waals surface area contributed by atoms with Crippen molar-refractivity contribution >= 4 is 44.9 Å². The van der Waals surface area contributed by atoms with Crippen molar-refractivity contribution in [3.8, 4) is 5.75 Å². The van der Waals surface area contributed by atoms with E-state index < -0.39 is 28.6 Å². The van der Waals surface area contributed by atoms with E-state index in [0.29, 0.717) is 78.5 Å². The molecule has 4 rings (SSSR count). The summed E-state index contributed by atoms with van der Waals surface area (Å²) < 4.78 is 36.8. The summed E-state index contributed by atoms with van der Waals surface area (Å²) in [7, 11) is -4.23. The Morgan fingerprint density at radius 2 is 1.95 bits per heavy atom. The number of amides is 1. The Morgan fingerprint density at radius 1 is 1.20 bits per heavy atom. The Bertz CT molecular complexity index is 1680. The quantitative estimate of drug-likeness (QED) is 0.0856. The lowest BCUT2D eigenvalue weighted by molar-refractivity contribution is -0.138. The van der Waals surface area contributed by atoms with Crippen LogP contribution in [0.2, 0.25) is 0 Å². The lowest BCUT2D eigenvalue weighted by Gasteiger charge is -2.24. The number of benzene rings is 2. The summed E-state index contributed by atoms with van der Waals surface area (Å²) in [5, 5.41) is 18.3. The summed E-state index contributed by atoms with van der Waals surface area (Å²) in [5.74, 6) is -0.321. The lowest BCUT2D eigenvalue weighted by Crippen LogP contribution is -2.48. The molecule has 0 bridgehead atoms. The molecule has 2 aromatic heterocycles. The van der Waals surface area contributed by atoms with Crippen LogP contribution in [0, 0.1) is 20.8 Å². The maximum absolute atomic E-state index is 13.3. The van der Waals surface area contributed by atoms with Gasteiger partial charge in [-0.15, -0.1) is 0 Å². The molecule has 44 heavy (non-hydrogen) atoms. The molecule has 0 saturated heterocycles. The number of nitrogens with one attached hydrogen (secondary N) is 3. The van der Waals surface area contributed by atoms with Gasteiger partial charge in [-0.25, -0.2) is 13.4 Å². The SMILES string of the molecule is Cc1cc(C)c(S(=O)(=O)N[C@@H](CN(C=O)c2cc(OCCCN)c3c(cnn3CCCNc3ncc[nH]3)c2)C(=O)O)c(C)c1. The molecule has 14 nitrogen and oxygen atoms in total. The van der Waals surface area contributed by atoms with Crippen LogP contribution in [-0.2, 0) is 26.2 Å². The van der Waals surface area contributed by atoms with E-state index in [-0.39, 0.29) is 4.90 Å². The number of H-pyrrole nitrogens is 1. The number of carboxylic acids is 1. The third-order valence-corrected chi connectivity index (χ3v) is 8.71. The van der Waals surface area contributed by atoms with Crippen molar-refractivity contribution in [3.05, 3.63) is 59.5 Å². The molecule has 0 aliphatic rings. The highest BCUT2D eigenvalue weighted by molar-refractivity contribution is 7.89. The van der Waals surface area contributed by atoms with Crippen molar-refractivity contribution in [3.63, 3.8) is 0 Å². The summed E-state index contributed by atoms with van der Waals surface area (Å²) in [6.07, 6.45) is 6.80. The minimum absolute atomic E-state index is 0.00999. The van der Waals surface area contributed by atoms with Crippen LogP contribution in [0.5, 0.6) is 5.75 Å². The number of carboxylic acid groups (broad SMARTS) is 1. The molecular weight excluding hydrogens is 588 g/mol. The standard InChI is InChI=1S/C29H38N8O6S/c1-19-12-20(2)27(21(3)13-19)44(41,42)35-24(28(39)40)17-36(18-38)23-14-22-16-34-37(10-5-7-31-29-32-8-9-33-29)26(22)25(15-23)43-11-4-6-30/h8-9,12-16,18,24,35H,4-7,10-11,17,30H2,1-3H3,(H,39,40)(H2,31,32,33)/t24-/m0/s1. The highest BCUT2D eigenvalue weighted by atomic mass is 32.2. The molecule has 0 fully saturated rings. The smallest absolute Gasteiger partial charge is 0.323 e. The third kappa shape index (κ3) is 7.72. The zero-order valence-electron chi connectivity index (χ0n) is 24.9. The van der Waals surface area contributed by atoms with E-state index in [2.05, 4.69) is 25.1 Å². The number of rotatable bonds is 17. The average Bonchev–Trinajstić information content (AvgIpc) is 3.62. The molecule has 0 spiro atoms. The molecule has 1 atom stereocenters. The highest BCUT2D eigenvalue weighted by Gasteiger charge is 2.30. The first-order valence-electron chi connectivity index (χ1n) is 14.1. The lowest BCUT2D eigenvalue weighted by atomic mass is 10.1. The van der Waals surface area contributed by atoms with E-state index in [1.807, 2.05) is 6.92 Å². The number of aromatic amines is 1. The topological polar surface area (TPSA) is 198 Å². The molecule has 2 aromatic carbocycles. The van der Waals surface area contributed by atoms with Crippen LogP contribution in [0.25, 0.3) is 10.9 Å². The second kappa shape index (κ2) is 14.3. The maximum atomic E-state index is 13.3. The van der Waals surface area contributed by atoms with E-state index in [9.17, 15) is 23.1 Å². The van der Waals surface area contributed by atoms with E-state index in [1.165, 1.54) is 0 Å². The average molecular weight is 627 g/mol. The van der Waals surface area contributed by atoms with E-state index in [4.69, 9.17) is 10.5 Å². The number of fused-ring (bicyclic) bond motifs is 1. The molecule has 2 heterocycles. The molecule has 4 aromatic rings. The largest absolute Gasteiger partial charge is 0.491 e. The fraction of sp³-hybridized carbons (Fsp3) is 0.379. The van der Waals surface area contributed by atoms with Crippen molar-refractivity contribution in [1.29, 1.82) is 0 Å². The van der Waals surface area contributed by atoms with E-state index in [0.717, 1.165) is 16.9 Å². The maximum Gasteiger partial charge on any atom is 0.323 e. The number of hydrogen-bond acceptors (Lipinski definition) is 9. The Labute approximate surface area is 255 Å². The van der Waals surface area contributed by atoms with E-state index in [1.54, 1.807) is 61.4 Å². The summed E-state index contributed by atoms with van der Waals surface area (Å²) in [6.45, 7) is 6.61. The molecule has 1 amide bonds. The number of aryl methyl sites for hydroxylation is 4. The second-order valence-electron chi connectivity index (χ2n) is 10.5. The molecule has 0 aliphatic carbocycles. The number of ether oxygens (including phenoxy) is 1. The molecular formula is C29H38N8O6S. The van der Waals surface area contributed by atoms with Crippen molar-refractivity contribution in [2.75, 3.05) is 36.5 Å². The predicted molar refractivity (Wildman–Crippen MR) is 166 cm³/mol. The van der Waals surface area contributed by atoms with Crippen molar-refractivity contribution in [2.45, 2.75) is 51.1 Å². The van der Waals surface area contributed by atoms with Crippen LogP contribution in [0.4, 0.5) is 11.6 Å². The Hall–Kier alpha value is -4.47. The van der Waals surface area contributed by atoms with Crippen LogP contribution in [-0.4, -0.2) is 77.9 Å². The normalized spacial score (nSPS) is 12.3.